The van der Waals surface area contributed by atoms with Crippen LogP contribution >= 0.6 is 23.2 Å². The van der Waals surface area contributed by atoms with Gasteiger partial charge in [-0.3, -0.25) is 4.90 Å². The van der Waals surface area contributed by atoms with Gasteiger partial charge in [0.2, 0.25) is 0 Å². The molecule has 0 aromatic heterocycles. The zero-order valence-corrected chi connectivity index (χ0v) is 13.2. The predicted octanol–water partition coefficient (Wildman–Crippen LogP) is 4.12. The summed E-state index contributed by atoms with van der Waals surface area (Å²) in [5.74, 6) is 1.72. The molecule has 4 heteroatoms. The van der Waals surface area contributed by atoms with Gasteiger partial charge in [0.1, 0.15) is 0 Å². The molecule has 2 aliphatic rings. The SMILES string of the molecule is NCC(c1cccc(Cl)c1Cl)N(CC1CC1)CC1CC1. The first-order chi connectivity index (χ1) is 9.69. The fourth-order valence-electron chi connectivity index (χ4n) is 2.84. The number of benzene rings is 1. The van der Waals surface area contributed by atoms with Gasteiger partial charge < -0.3 is 5.73 Å². The van der Waals surface area contributed by atoms with Crippen LogP contribution in [0, 0.1) is 11.8 Å². The second kappa shape index (κ2) is 6.23. The Morgan fingerprint density at radius 1 is 1.10 bits per heavy atom. The Morgan fingerprint density at radius 2 is 1.70 bits per heavy atom. The van der Waals surface area contributed by atoms with E-state index in [1.54, 1.807) is 0 Å². The van der Waals surface area contributed by atoms with Crippen molar-refractivity contribution in [2.45, 2.75) is 31.7 Å². The highest BCUT2D eigenvalue weighted by atomic mass is 35.5. The molecule has 0 heterocycles. The molecule has 2 fully saturated rings. The Morgan fingerprint density at radius 3 is 2.20 bits per heavy atom. The maximum absolute atomic E-state index is 6.40. The second-order valence-electron chi connectivity index (χ2n) is 6.24. The van der Waals surface area contributed by atoms with Crippen molar-refractivity contribution >= 4 is 23.2 Å². The molecular formula is C16H22Cl2N2. The Labute approximate surface area is 131 Å². The molecule has 3 rings (SSSR count). The smallest absolute Gasteiger partial charge is 0.0640 e. The third-order valence-corrected chi connectivity index (χ3v) is 5.22. The molecule has 2 saturated carbocycles. The van der Waals surface area contributed by atoms with Crippen LogP contribution in [0.15, 0.2) is 18.2 Å². The van der Waals surface area contributed by atoms with E-state index in [4.69, 9.17) is 28.9 Å². The van der Waals surface area contributed by atoms with Gasteiger partial charge in [0.15, 0.2) is 0 Å². The molecule has 0 saturated heterocycles. The van der Waals surface area contributed by atoms with Crippen LogP contribution in [0.25, 0.3) is 0 Å². The monoisotopic (exact) mass is 312 g/mol. The van der Waals surface area contributed by atoms with Gasteiger partial charge in [-0.05, 0) is 49.1 Å². The second-order valence-corrected chi connectivity index (χ2v) is 7.02. The first-order valence-corrected chi connectivity index (χ1v) is 8.32. The Kier molecular flexibility index (Phi) is 4.56. The summed E-state index contributed by atoms with van der Waals surface area (Å²) in [6.45, 7) is 2.90. The zero-order valence-electron chi connectivity index (χ0n) is 11.7. The summed E-state index contributed by atoms with van der Waals surface area (Å²) >= 11 is 12.6. The van der Waals surface area contributed by atoms with Gasteiger partial charge in [0.25, 0.3) is 0 Å². The number of rotatable bonds is 7. The van der Waals surface area contributed by atoms with E-state index in [9.17, 15) is 0 Å². The van der Waals surface area contributed by atoms with Crippen molar-refractivity contribution in [1.82, 2.24) is 4.90 Å². The number of nitrogens with two attached hydrogens (primary N) is 1. The molecule has 2 N–H and O–H groups in total. The molecule has 0 radical (unpaired) electrons. The number of hydrogen-bond acceptors (Lipinski definition) is 2. The molecule has 110 valence electrons. The van der Waals surface area contributed by atoms with Crippen LogP contribution in [0.2, 0.25) is 10.0 Å². The molecular weight excluding hydrogens is 291 g/mol. The van der Waals surface area contributed by atoms with Crippen LogP contribution in [0.4, 0.5) is 0 Å². The predicted molar refractivity (Wildman–Crippen MR) is 85.3 cm³/mol. The van der Waals surface area contributed by atoms with Crippen LogP contribution in [0.3, 0.4) is 0 Å². The van der Waals surface area contributed by atoms with Crippen LogP contribution in [-0.2, 0) is 0 Å². The minimum Gasteiger partial charge on any atom is -0.329 e. The molecule has 1 aromatic rings. The quantitative estimate of drug-likeness (QED) is 0.820. The highest BCUT2D eigenvalue weighted by Crippen LogP contribution is 2.39. The fourth-order valence-corrected chi connectivity index (χ4v) is 3.28. The molecule has 1 atom stereocenters. The molecule has 1 unspecified atom stereocenters. The summed E-state index contributed by atoms with van der Waals surface area (Å²) in [5, 5.41) is 1.29. The summed E-state index contributed by atoms with van der Waals surface area (Å²) in [6.07, 6.45) is 5.45. The molecule has 1 aromatic carbocycles. The normalized spacial score (nSPS) is 20.4. The van der Waals surface area contributed by atoms with Gasteiger partial charge in [0, 0.05) is 25.7 Å². The summed E-state index contributed by atoms with van der Waals surface area (Å²) in [7, 11) is 0. The highest BCUT2D eigenvalue weighted by Gasteiger charge is 2.33. The van der Waals surface area contributed by atoms with Crippen molar-refractivity contribution in [2.75, 3.05) is 19.6 Å². The molecule has 0 bridgehead atoms. The average molecular weight is 313 g/mol. The van der Waals surface area contributed by atoms with E-state index in [1.807, 2.05) is 12.1 Å². The fraction of sp³-hybridized carbons (Fsp3) is 0.625. The van der Waals surface area contributed by atoms with Crippen molar-refractivity contribution in [1.29, 1.82) is 0 Å². The summed E-state index contributed by atoms with van der Waals surface area (Å²) in [6, 6.07) is 6.08. The van der Waals surface area contributed by atoms with Crippen LogP contribution in [-0.4, -0.2) is 24.5 Å². The van der Waals surface area contributed by atoms with Crippen LogP contribution in [0.5, 0.6) is 0 Å². The molecule has 20 heavy (non-hydrogen) atoms. The lowest BCUT2D eigenvalue weighted by Crippen LogP contribution is -2.37. The van der Waals surface area contributed by atoms with Crippen molar-refractivity contribution in [3.8, 4) is 0 Å². The van der Waals surface area contributed by atoms with Crippen LogP contribution < -0.4 is 5.73 Å². The number of nitrogens with zero attached hydrogens (tertiary/aromatic N) is 1. The topological polar surface area (TPSA) is 29.3 Å². The van der Waals surface area contributed by atoms with E-state index in [1.165, 1.54) is 25.7 Å². The van der Waals surface area contributed by atoms with Crippen molar-refractivity contribution in [3.63, 3.8) is 0 Å². The van der Waals surface area contributed by atoms with Crippen molar-refractivity contribution in [2.24, 2.45) is 17.6 Å². The Balaban J connectivity index is 1.81. The third kappa shape index (κ3) is 3.48. The lowest BCUT2D eigenvalue weighted by molar-refractivity contribution is 0.185. The largest absolute Gasteiger partial charge is 0.329 e. The molecule has 2 nitrogen and oxygen atoms in total. The van der Waals surface area contributed by atoms with Crippen molar-refractivity contribution in [3.05, 3.63) is 33.8 Å². The summed E-state index contributed by atoms with van der Waals surface area (Å²) < 4.78 is 0. The molecule has 0 aliphatic heterocycles. The number of halogens is 2. The van der Waals surface area contributed by atoms with Gasteiger partial charge in [-0.1, -0.05) is 35.3 Å². The Hall–Kier alpha value is -0.280. The summed E-state index contributed by atoms with van der Waals surface area (Å²) in [4.78, 5) is 2.55. The van der Waals surface area contributed by atoms with Gasteiger partial charge in [0.05, 0.1) is 10.0 Å². The molecule has 0 spiro atoms. The lowest BCUT2D eigenvalue weighted by Gasteiger charge is -2.32. The van der Waals surface area contributed by atoms with Gasteiger partial charge in [-0.25, -0.2) is 0 Å². The van der Waals surface area contributed by atoms with Gasteiger partial charge >= 0.3 is 0 Å². The first-order valence-electron chi connectivity index (χ1n) is 7.57. The standard InChI is InChI=1S/C16H22Cl2N2/c17-14-3-1-2-13(16(14)18)15(8-19)20(9-11-4-5-11)10-12-6-7-12/h1-3,11-12,15H,4-10,19H2. The highest BCUT2D eigenvalue weighted by molar-refractivity contribution is 6.42. The number of hydrogen-bond donors (Lipinski definition) is 1. The zero-order chi connectivity index (χ0) is 14.1. The Bertz CT molecular complexity index is 456. The maximum Gasteiger partial charge on any atom is 0.0640 e. The van der Waals surface area contributed by atoms with E-state index < -0.39 is 0 Å². The minimum absolute atomic E-state index is 0.197. The van der Waals surface area contributed by atoms with Crippen LogP contribution in [0.1, 0.15) is 37.3 Å². The first kappa shape index (κ1) is 14.6. The van der Waals surface area contributed by atoms with Gasteiger partial charge in [-0.2, -0.15) is 0 Å². The van der Waals surface area contributed by atoms with Crippen molar-refractivity contribution < 1.29 is 0 Å². The minimum atomic E-state index is 0.197. The van der Waals surface area contributed by atoms with E-state index in [0.29, 0.717) is 16.6 Å². The average Bonchev–Trinajstić information content (AvgIpc) is 3.31. The molecule has 2 aliphatic carbocycles. The van der Waals surface area contributed by atoms with Gasteiger partial charge in [-0.15, -0.1) is 0 Å². The summed E-state index contributed by atoms with van der Waals surface area (Å²) in [5.41, 5.74) is 7.16. The molecule has 0 amide bonds. The lowest BCUT2D eigenvalue weighted by atomic mass is 10.0. The van der Waals surface area contributed by atoms with E-state index in [-0.39, 0.29) is 6.04 Å². The van der Waals surface area contributed by atoms with E-state index in [2.05, 4.69) is 11.0 Å². The third-order valence-electron chi connectivity index (χ3n) is 4.38. The maximum atomic E-state index is 6.40. The van der Waals surface area contributed by atoms with E-state index in [0.717, 1.165) is 30.5 Å². The van der Waals surface area contributed by atoms with E-state index >= 15 is 0 Å².